The second-order valence-electron chi connectivity index (χ2n) is 4.25. The first kappa shape index (κ1) is 14.6. The molecule has 18 heavy (non-hydrogen) atoms. The number of ether oxygens (including phenoxy) is 1. The molecule has 5 heteroatoms. The van der Waals surface area contributed by atoms with Crippen molar-refractivity contribution in [1.82, 2.24) is 0 Å². The summed E-state index contributed by atoms with van der Waals surface area (Å²) in [4.78, 5) is 11.7. The lowest BCUT2D eigenvalue weighted by atomic mass is 10.1. The van der Waals surface area contributed by atoms with Crippen molar-refractivity contribution < 1.29 is 13.9 Å². The highest BCUT2D eigenvalue weighted by Gasteiger charge is 2.13. The van der Waals surface area contributed by atoms with Crippen molar-refractivity contribution >= 4 is 11.6 Å². The molecule has 0 aliphatic heterocycles. The molecule has 3 N–H and O–H groups in total. The zero-order valence-electron chi connectivity index (χ0n) is 10.7. The largest absolute Gasteiger partial charge is 0.385 e. The predicted molar refractivity (Wildman–Crippen MR) is 68.9 cm³/mol. The fourth-order valence-electron chi connectivity index (χ4n) is 1.62. The molecular formula is C13H19FN2O2. The topological polar surface area (TPSA) is 64.3 Å². The highest BCUT2D eigenvalue weighted by Crippen LogP contribution is 2.13. The Morgan fingerprint density at radius 1 is 1.50 bits per heavy atom. The highest BCUT2D eigenvalue weighted by atomic mass is 19.1. The first-order valence-corrected chi connectivity index (χ1v) is 5.85. The molecule has 1 unspecified atom stereocenters. The Hall–Kier alpha value is -1.46. The van der Waals surface area contributed by atoms with Gasteiger partial charge < -0.3 is 15.8 Å². The van der Waals surface area contributed by atoms with Crippen LogP contribution in [0.5, 0.6) is 0 Å². The van der Waals surface area contributed by atoms with Crippen LogP contribution in [0.4, 0.5) is 10.1 Å². The lowest BCUT2D eigenvalue weighted by Gasteiger charge is -2.12. The third-order valence-electron chi connectivity index (χ3n) is 2.51. The number of hydrogen-bond donors (Lipinski definition) is 2. The molecule has 0 heterocycles. The van der Waals surface area contributed by atoms with E-state index in [2.05, 4.69) is 5.32 Å². The number of halogens is 1. The molecule has 0 spiro atoms. The molecule has 1 amide bonds. The Labute approximate surface area is 106 Å². The number of nitrogens with one attached hydrogen (secondary N) is 1. The van der Waals surface area contributed by atoms with Crippen molar-refractivity contribution in [3.63, 3.8) is 0 Å². The summed E-state index contributed by atoms with van der Waals surface area (Å²) >= 11 is 0. The molecule has 0 bridgehead atoms. The zero-order chi connectivity index (χ0) is 13.5. The maximum absolute atomic E-state index is 13.1. The van der Waals surface area contributed by atoms with Crippen molar-refractivity contribution in [2.45, 2.75) is 25.8 Å². The van der Waals surface area contributed by atoms with Gasteiger partial charge in [0.05, 0.1) is 6.04 Å². The van der Waals surface area contributed by atoms with Crippen LogP contribution in [-0.4, -0.2) is 25.7 Å². The molecule has 0 aliphatic carbocycles. The molecule has 0 aliphatic rings. The quantitative estimate of drug-likeness (QED) is 0.761. The third-order valence-corrected chi connectivity index (χ3v) is 2.51. The Kier molecular flexibility index (Phi) is 5.74. The summed E-state index contributed by atoms with van der Waals surface area (Å²) in [6.07, 6.45) is 1.25. The number of benzene rings is 1. The highest BCUT2D eigenvalue weighted by molar-refractivity contribution is 5.94. The molecule has 0 fully saturated rings. The predicted octanol–water partition coefficient (Wildman–Crippen LogP) is 1.83. The fourth-order valence-corrected chi connectivity index (χ4v) is 1.62. The van der Waals surface area contributed by atoms with Crippen LogP contribution in [0.3, 0.4) is 0 Å². The van der Waals surface area contributed by atoms with Crippen LogP contribution in [0.1, 0.15) is 18.4 Å². The van der Waals surface area contributed by atoms with Gasteiger partial charge in [-0.25, -0.2) is 4.39 Å². The van der Waals surface area contributed by atoms with E-state index in [0.29, 0.717) is 25.1 Å². The first-order valence-electron chi connectivity index (χ1n) is 5.85. The summed E-state index contributed by atoms with van der Waals surface area (Å²) in [5.74, 6) is -0.686. The molecule has 0 saturated heterocycles. The van der Waals surface area contributed by atoms with Crippen LogP contribution in [0.2, 0.25) is 0 Å². The van der Waals surface area contributed by atoms with E-state index in [1.54, 1.807) is 20.1 Å². The van der Waals surface area contributed by atoms with Crippen LogP contribution in [0, 0.1) is 12.7 Å². The van der Waals surface area contributed by atoms with E-state index < -0.39 is 6.04 Å². The van der Waals surface area contributed by atoms with Gasteiger partial charge in [0.25, 0.3) is 0 Å². The molecule has 100 valence electrons. The van der Waals surface area contributed by atoms with E-state index in [9.17, 15) is 9.18 Å². The summed E-state index contributed by atoms with van der Waals surface area (Å²) in [6, 6.07) is 3.76. The van der Waals surface area contributed by atoms with Crippen molar-refractivity contribution in [1.29, 1.82) is 0 Å². The van der Waals surface area contributed by atoms with Crippen molar-refractivity contribution in [2.75, 3.05) is 19.0 Å². The monoisotopic (exact) mass is 254 g/mol. The minimum absolute atomic E-state index is 0.309. The number of nitrogens with two attached hydrogens (primary N) is 1. The standard InChI is InChI=1S/C13H19FN2O2/c1-9-6-10(14)8-11(7-9)16-13(17)12(15)4-3-5-18-2/h6-8,12H,3-5,15H2,1-2H3,(H,16,17). The number of rotatable bonds is 6. The van der Waals surface area contributed by atoms with E-state index in [1.807, 2.05) is 0 Å². The second-order valence-corrected chi connectivity index (χ2v) is 4.25. The molecule has 1 aromatic rings. The number of hydrogen-bond acceptors (Lipinski definition) is 3. The summed E-state index contributed by atoms with van der Waals surface area (Å²) in [5, 5.41) is 2.61. The van der Waals surface area contributed by atoms with E-state index in [0.717, 1.165) is 5.56 Å². The normalized spacial score (nSPS) is 12.2. The van der Waals surface area contributed by atoms with Gasteiger partial charge in [-0.1, -0.05) is 0 Å². The molecule has 4 nitrogen and oxygen atoms in total. The Morgan fingerprint density at radius 3 is 2.83 bits per heavy atom. The van der Waals surface area contributed by atoms with Gasteiger partial charge in [0.1, 0.15) is 5.82 Å². The van der Waals surface area contributed by atoms with Crippen LogP contribution in [0.15, 0.2) is 18.2 Å². The van der Waals surface area contributed by atoms with Gasteiger partial charge in [0.2, 0.25) is 5.91 Å². The Balaban J connectivity index is 2.52. The summed E-state index contributed by atoms with van der Waals surface area (Å²) < 4.78 is 18.0. The van der Waals surface area contributed by atoms with Crippen LogP contribution >= 0.6 is 0 Å². The first-order chi connectivity index (χ1) is 8.52. The average Bonchev–Trinajstić information content (AvgIpc) is 2.27. The van der Waals surface area contributed by atoms with Crippen LogP contribution < -0.4 is 11.1 Å². The zero-order valence-corrected chi connectivity index (χ0v) is 10.7. The number of amides is 1. The van der Waals surface area contributed by atoms with Gasteiger partial charge in [-0.3, -0.25) is 4.79 Å². The molecule has 1 aromatic carbocycles. The van der Waals surface area contributed by atoms with Gasteiger partial charge >= 0.3 is 0 Å². The fraction of sp³-hybridized carbons (Fsp3) is 0.462. The molecule has 1 rings (SSSR count). The van der Waals surface area contributed by atoms with Crippen molar-refractivity contribution in [3.8, 4) is 0 Å². The molecular weight excluding hydrogens is 235 g/mol. The lowest BCUT2D eigenvalue weighted by molar-refractivity contribution is -0.117. The molecule has 0 saturated carbocycles. The number of carbonyl (C=O) groups is 1. The minimum atomic E-state index is -0.608. The summed E-state index contributed by atoms with van der Waals surface area (Å²) in [7, 11) is 1.60. The maximum Gasteiger partial charge on any atom is 0.241 e. The van der Waals surface area contributed by atoms with Crippen molar-refractivity contribution in [2.24, 2.45) is 5.73 Å². The molecule has 1 atom stereocenters. The van der Waals surface area contributed by atoms with Gasteiger partial charge in [0.15, 0.2) is 0 Å². The number of anilines is 1. The average molecular weight is 254 g/mol. The van der Waals surface area contributed by atoms with Gasteiger partial charge in [0, 0.05) is 19.4 Å². The maximum atomic E-state index is 13.1. The minimum Gasteiger partial charge on any atom is -0.385 e. The molecule has 0 aromatic heterocycles. The van der Waals surface area contributed by atoms with Crippen LogP contribution in [0.25, 0.3) is 0 Å². The van der Waals surface area contributed by atoms with E-state index in [-0.39, 0.29) is 11.7 Å². The smallest absolute Gasteiger partial charge is 0.241 e. The van der Waals surface area contributed by atoms with E-state index in [4.69, 9.17) is 10.5 Å². The lowest BCUT2D eigenvalue weighted by Crippen LogP contribution is -2.35. The SMILES string of the molecule is COCCCC(N)C(=O)Nc1cc(C)cc(F)c1. The van der Waals surface area contributed by atoms with Crippen LogP contribution in [-0.2, 0) is 9.53 Å². The number of aryl methyl sites for hydroxylation is 1. The summed E-state index contributed by atoms with van der Waals surface area (Å²) in [6.45, 7) is 2.33. The van der Waals surface area contributed by atoms with Gasteiger partial charge in [-0.2, -0.15) is 0 Å². The van der Waals surface area contributed by atoms with Gasteiger partial charge in [-0.15, -0.1) is 0 Å². The summed E-state index contributed by atoms with van der Waals surface area (Å²) in [5.41, 5.74) is 6.90. The Morgan fingerprint density at radius 2 is 2.22 bits per heavy atom. The second kappa shape index (κ2) is 7.08. The number of carbonyl (C=O) groups excluding carboxylic acids is 1. The van der Waals surface area contributed by atoms with E-state index in [1.165, 1.54) is 12.1 Å². The van der Waals surface area contributed by atoms with E-state index >= 15 is 0 Å². The Bertz CT molecular complexity index is 390. The molecule has 0 radical (unpaired) electrons. The third kappa shape index (κ3) is 4.81. The van der Waals surface area contributed by atoms with Gasteiger partial charge in [-0.05, 0) is 43.5 Å². The van der Waals surface area contributed by atoms with Crippen molar-refractivity contribution in [3.05, 3.63) is 29.6 Å². The number of methoxy groups -OCH3 is 1.